The van der Waals surface area contributed by atoms with Crippen molar-refractivity contribution in [1.29, 1.82) is 0 Å². The number of aromatic nitrogens is 2. The van der Waals surface area contributed by atoms with Crippen LogP contribution in [0, 0.1) is 0 Å². The van der Waals surface area contributed by atoms with E-state index in [1.165, 1.54) is 11.5 Å². The minimum Gasteiger partial charge on any atom is -0.333 e. The topological polar surface area (TPSA) is 66.9 Å². The van der Waals surface area contributed by atoms with Gasteiger partial charge in [0, 0.05) is 11.2 Å². The summed E-state index contributed by atoms with van der Waals surface area (Å²) in [5.41, 5.74) is 1.54. The Morgan fingerprint density at radius 1 is 1.21 bits per heavy atom. The first-order valence-corrected chi connectivity index (χ1v) is 6.68. The number of amides is 2. The molecule has 0 aliphatic heterocycles. The maximum absolute atomic E-state index is 11.7. The molecule has 0 atom stereocenters. The van der Waals surface area contributed by atoms with Crippen molar-refractivity contribution in [2.75, 3.05) is 5.32 Å². The Morgan fingerprint density at radius 2 is 1.89 bits per heavy atom. The molecule has 2 N–H and O–H groups in total. The highest BCUT2D eigenvalue weighted by atomic mass is 32.1. The summed E-state index contributed by atoms with van der Waals surface area (Å²) in [5.74, 6) is 0. The predicted octanol–water partition coefficient (Wildman–Crippen LogP) is 3.13. The maximum atomic E-state index is 11.7. The van der Waals surface area contributed by atoms with Crippen LogP contribution < -0.4 is 10.6 Å². The van der Waals surface area contributed by atoms with Crippen LogP contribution in [0.15, 0.2) is 30.5 Å². The normalized spacial score (nSPS) is 11.1. The number of benzene rings is 1. The van der Waals surface area contributed by atoms with Crippen molar-refractivity contribution < 1.29 is 4.79 Å². The van der Waals surface area contributed by atoms with Gasteiger partial charge in [0.2, 0.25) is 0 Å². The van der Waals surface area contributed by atoms with Gasteiger partial charge in [0.15, 0.2) is 0 Å². The molecule has 2 aromatic rings. The Morgan fingerprint density at radius 3 is 2.42 bits per heavy atom. The monoisotopic (exact) mass is 276 g/mol. The smallest absolute Gasteiger partial charge is 0.319 e. The molecule has 2 rings (SSSR count). The SMILES string of the molecule is CC(C)(C)NC(=O)Nc1ccc(-c2cnns2)cc1. The largest absolute Gasteiger partial charge is 0.333 e. The van der Waals surface area contributed by atoms with E-state index >= 15 is 0 Å². The number of carbonyl (C=O) groups excluding carboxylic acids is 1. The standard InChI is InChI=1S/C13H16N4OS/c1-13(2,3)16-12(18)15-10-6-4-9(5-7-10)11-8-14-17-19-11/h4-8H,1-3H3,(H2,15,16,18). The third-order valence-corrected chi connectivity index (χ3v) is 2.99. The van der Waals surface area contributed by atoms with Gasteiger partial charge in [0.1, 0.15) is 0 Å². The highest BCUT2D eigenvalue weighted by Crippen LogP contribution is 2.23. The first-order chi connectivity index (χ1) is 8.94. The van der Waals surface area contributed by atoms with Crippen molar-refractivity contribution in [1.82, 2.24) is 14.9 Å². The van der Waals surface area contributed by atoms with Gasteiger partial charge in [-0.05, 0) is 50.0 Å². The average Bonchev–Trinajstić information content (AvgIpc) is 2.80. The second kappa shape index (κ2) is 5.36. The van der Waals surface area contributed by atoms with Crippen LogP contribution in [-0.4, -0.2) is 21.2 Å². The van der Waals surface area contributed by atoms with Crippen molar-refractivity contribution in [2.45, 2.75) is 26.3 Å². The summed E-state index contributed by atoms with van der Waals surface area (Å²) in [4.78, 5) is 12.7. The van der Waals surface area contributed by atoms with Crippen molar-refractivity contribution in [3.63, 3.8) is 0 Å². The van der Waals surface area contributed by atoms with E-state index in [0.717, 1.165) is 16.1 Å². The second-order valence-corrected chi connectivity index (χ2v) is 5.97. The molecule has 100 valence electrons. The number of nitrogens with zero attached hydrogens (tertiary/aromatic N) is 2. The van der Waals surface area contributed by atoms with E-state index in [1.807, 2.05) is 45.0 Å². The van der Waals surface area contributed by atoms with Crippen LogP contribution in [-0.2, 0) is 0 Å². The second-order valence-electron chi connectivity index (χ2n) is 5.19. The Labute approximate surface area is 116 Å². The summed E-state index contributed by atoms with van der Waals surface area (Å²) < 4.78 is 3.82. The Balaban J connectivity index is 2.01. The zero-order chi connectivity index (χ0) is 13.9. The van der Waals surface area contributed by atoms with Crippen LogP contribution in [0.5, 0.6) is 0 Å². The molecule has 2 amide bonds. The van der Waals surface area contributed by atoms with Gasteiger partial charge >= 0.3 is 6.03 Å². The van der Waals surface area contributed by atoms with Gasteiger partial charge < -0.3 is 10.6 Å². The van der Waals surface area contributed by atoms with E-state index in [2.05, 4.69) is 20.2 Å². The Kier molecular flexibility index (Phi) is 3.80. The summed E-state index contributed by atoms with van der Waals surface area (Å²) in [6, 6.07) is 7.37. The Bertz CT molecular complexity index is 543. The quantitative estimate of drug-likeness (QED) is 0.885. The van der Waals surface area contributed by atoms with Crippen LogP contribution in [0.2, 0.25) is 0 Å². The van der Waals surface area contributed by atoms with E-state index in [4.69, 9.17) is 0 Å². The number of anilines is 1. The van der Waals surface area contributed by atoms with Gasteiger partial charge in [-0.1, -0.05) is 16.6 Å². The molecule has 0 spiro atoms. The summed E-state index contributed by atoms with van der Waals surface area (Å²) in [6.07, 6.45) is 1.72. The first-order valence-electron chi connectivity index (χ1n) is 5.91. The van der Waals surface area contributed by atoms with Crippen molar-refractivity contribution in [3.05, 3.63) is 30.5 Å². The van der Waals surface area contributed by atoms with Gasteiger partial charge in [-0.2, -0.15) is 0 Å². The molecular weight excluding hydrogens is 260 g/mol. The van der Waals surface area contributed by atoms with E-state index in [1.54, 1.807) is 6.20 Å². The molecule has 0 saturated heterocycles. The molecule has 0 fully saturated rings. The third kappa shape index (κ3) is 4.03. The number of nitrogens with one attached hydrogen (secondary N) is 2. The molecule has 5 nitrogen and oxygen atoms in total. The third-order valence-electron chi connectivity index (χ3n) is 2.28. The van der Waals surface area contributed by atoms with Crippen LogP contribution >= 0.6 is 11.5 Å². The predicted molar refractivity (Wildman–Crippen MR) is 77.3 cm³/mol. The minimum atomic E-state index is -0.252. The van der Waals surface area contributed by atoms with E-state index in [9.17, 15) is 4.79 Å². The van der Waals surface area contributed by atoms with E-state index < -0.39 is 0 Å². The zero-order valence-electron chi connectivity index (χ0n) is 11.1. The molecule has 0 aliphatic rings. The first kappa shape index (κ1) is 13.5. The molecule has 0 unspecified atom stereocenters. The lowest BCUT2D eigenvalue weighted by Gasteiger charge is -2.20. The lowest BCUT2D eigenvalue weighted by Crippen LogP contribution is -2.43. The summed E-state index contributed by atoms with van der Waals surface area (Å²) in [7, 11) is 0. The summed E-state index contributed by atoms with van der Waals surface area (Å²) in [6.45, 7) is 5.81. The van der Waals surface area contributed by atoms with Gasteiger partial charge in [-0.3, -0.25) is 0 Å². The number of rotatable bonds is 2. The molecule has 6 heteroatoms. The maximum Gasteiger partial charge on any atom is 0.319 e. The Hall–Kier alpha value is -1.95. The summed E-state index contributed by atoms with van der Waals surface area (Å²) in [5, 5.41) is 9.43. The van der Waals surface area contributed by atoms with Gasteiger partial charge in [-0.15, -0.1) is 5.10 Å². The molecule has 1 aromatic heterocycles. The summed E-state index contributed by atoms with van der Waals surface area (Å²) >= 11 is 1.34. The average molecular weight is 276 g/mol. The fraction of sp³-hybridized carbons (Fsp3) is 0.308. The van der Waals surface area contributed by atoms with Crippen molar-refractivity contribution in [3.8, 4) is 10.4 Å². The van der Waals surface area contributed by atoms with Crippen molar-refractivity contribution >= 4 is 23.3 Å². The van der Waals surface area contributed by atoms with Gasteiger partial charge in [-0.25, -0.2) is 4.79 Å². The van der Waals surface area contributed by atoms with E-state index in [0.29, 0.717) is 0 Å². The van der Waals surface area contributed by atoms with Crippen LogP contribution in [0.4, 0.5) is 10.5 Å². The molecule has 1 aromatic carbocycles. The minimum absolute atomic E-state index is 0.209. The number of carbonyl (C=O) groups is 1. The molecule has 0 saturated carbocycles. The van der Waals surface area contributed by atoms with Crippen molar-refractivity contribution in [2.24, 2.45) is 0 Å². The highest BCUT2D eigenvalue weighted by Gasteiger charge is 2.13. The molecule has 19 heavy (non-hydrogen) atoms. The number of hydrogen-bond acceptors (Lipinski definition) is 4. The molecule has 0 bridgehead atoms. The zero-order valence-corrected chi connectivity index (χ0v) is 11.9. The number of urea groups is 1. The van der Waals surface area contributed by atoms with Gasteiger partial charge in [0.25, 0.3) is 0 Å². The molecule has 1 heterocycles. The molecule has 0 radical (unpaired) electrons. The highest BCUT2D eigenvalue weighted by molar-refractivity contribution is 7.09. The molecular formula is C13H16N4OS. The van der Waals surface area contributed by atoms with Gasteiger partial charge in [0.05, 0.1) is 11.1 Å². The fourth-order valence-corrected chi connectivity index (χ4v) is 2.03. The van der Waals surface area contributed by atoms with E-state index in [-0.39, 0.29) is 11.6 Å². The van der Waals surface area contributed by atoms with Crippen LogP contribution in [0.1, 0.15) is 20.8 Å². The lowest BCUT2D eigenvalue weighted by molar-refractivity contribution is 0.244. The fourth-order valence-electron chi connectivity index (χ4n) is 1.52. The van der Waals surface area contributed by atoms with Crippen LogP contribution in [0.3, 0.4) is 0 Å². The van der Waals surface area contributed by atoms with Crippen LogP contribution in [0.25, 0.3) is 10.4 Å². The molecule has 0 aliphatic carbocycles. The number of hydrogen-bond donors (Lipinski definition) is 2. The lowest BCUT2D eigenvalue weighted by atomic mass is 10.1.